The van der Waals surface area contributed by atoms with Gasteiger partial charge in [-0.3, -0.25) is 19.7 Å². The topological polar surface area (TPSA) is 89.3 Å². The Balaban J connectivity index is 1.68. The van der Waals surface area contributed by atoms with E-state index in [0.717, 1.165) is 10.8 Å². The maximum atomic E-state index is 13.4. The molecule has 1 aliphatic carbocycles. The Hall–Kier alpha value is -4.10. The molecule has 0 radical (unpaired) electrons. The smallest absolute Gasteiger partial charge is 0.261 e. The summed E-state index contributed by atoms with van der Waals surface area (Å²) in [4.78, 5) is 43.7. The van der Waals surface area contributed by atoms with Crippen molar-refractivity contribution in [3.63, 3.8) is 0 Å². The molecule has 6 nitrogen and oxygen atoms in total. The zero-order valence-corrected chi connectivity index (χ0v) is 16.7. The maximum Gasteiger partial charge on any atom is 0.261 e. The zero-order chi connectivity index (χ0) is 21.1. The summed E-state index contributed by atoms with van der Waals surface area (Å²) in [7, 11) is 0. The fourth-order valence-corrected chi connectivity index (χ4v) is 4.60. The molecule has 0 bridgehead atoms. The summed E-state index contributed by atoms with van der Waals surface area (Å²) in [5.74, 6) is -1.10. The Kier molecular flexibility index (Phi) is 3.69. The minimum absolute atomic E-state index is 0.0293. The first-order valence-corrected chi connectivity index (χ1v) is 10.4. The van der Waals surface area contributed by atoms with Crippen LogP contribution in [-0.2, 0) is 0 Å². The van der Waals surface area contributed by atoms with Crippen molar-refractivity contribution in [1.82, 2.24) is 4.98 Å². The molecular formula is C24H12N2O4S. The number of hydrogen-bond acceptors (Lipinski definition) is 6. The molecular weight excluding hydrogens is 412 g/mol. The standard InChI is InChI=1S/C24H12N2O4S/c27-19-14-7-3-4-8-15(14)20(28)22-18(19)17-13-6-2-1-5-12(13)11-16(21(17)30-22)23(29)26-24-25-9-10-31-24/h1-11H,(H,25,26,29). The van der Waals surface area contributed by atoms with Gasteiger partial charge in [-0.25, -0.2) is 4.98 Å². The summed E-state index contributed by atoms with van der Waals surface area (Å²) in [5.41, 5.74) is 1.30. The van der Waals surface area contributed by atoms with E-state index in [1.54, 1.807) is 41.9 Å². The number of benzene rings is 3. The second kappa shape index (κ2) is 6.45. The van der Waals surface area contributed by atoms with Crippen LogP contribution >= 0.6 is 11.3 Å². The van der Waals surface area contributed by atoms with Crippen molar-refractivity contribution >= 4 is 55.7 Å². The first-order chi connectivity index (χ1) is 15.1. The van der Waals surface area contributed by atoms with Crippen LogP contribution in [0.5, 0.6) is 0 Å². The number of carbonyl (C=O) groups excluding carboxylic acids is 3. The third-order valence-electron chi connectivity index (χ3n) is 5.43. The molecule has 31 heavy (non-hydrogen) atoms. The molecule has 6 rings (SSSR count). The molecule has 148 valence electrons. The lowest BCUT2D eigenvalue weighted by Crippen LogP contribution is -2.19. The van der Waals surface area contributed by atoms with Crippen LogP contribution in [0.4, 0.5) is 5.13 Å². The molecule has 0 unspecified atom stereocenters. The molecule has 0 atom stereocenters. The Morgan fingerprint density at radius 2 is 1.71 bits per heavy atom. The van der Waals surface area contributed by atoms with E-state index in [1.807, 2.05) is 24.3 Å². The normalized spacial score (nSPS) is 12.8. The fraction of sp³-hybridized carbons (Fsp3) is 0. The van der Waals surface area contributed by atoms with E-state index < -0.39 is 5.91 Å². The summed E-state index contributed by atoms with van der Waals surface area (Å²) in [6, 6.07) is 15.8. The zero-order valence-electron chi connectivity index (χ0n) is 15.8. The van der Waals surface area contributed by atoms with Crippen LogP contribution in [0.2, 0.25) is 0 Å². The van der Waals surface area contributed by atoms with Gasteiger partial charge in [0, 0.05) is 28.1 Å². The van der Waals surface area contributed by atoms with Crippen LogP contribution in [0, 0.1) is 0 Å². The second-order valence-electron chi connectivity index (χ2n) is 7.15. The van der Waals surface area contributed by atoms with Crippen molar-refractivity contribution in [2.45, 2.75) is 0 Å². The van der Waals surface area contributed by atoms with E-state index in [0.29, 0.717) is 21.6 Å². The number of nitrogens with one attached hydrogen (secondary N) is 1. The minimum Gasteiger partial charge on any atom is -0.451 e. The number of furan rings is 1. The molecule has 2 heterocycles. The molecule has 1 amide bonds. The van der Waals surface area contributed by atoms with Gasteiger partial charge in [-0.05, 0) is 16.8 Å². The predicted octanol–water partition coefficient (Wildman–Crippen LogP) is 5.07. The molecule has 7 heteroatoms. The number of nitrogens with zero attached hydrogens (tertiary/aromatic N) is 1. The molecule has 0 spiro atoms. The molecule has 0 aliphatic heterocycles. The number of ketones is 2. The van der Waals surface area contributed by atoms with E-state index >= 15 is 0 Å². The van der Waals surface area contributed by atoms with Gasteiger partial charge in [0.2, 0.25) is 5.78 Å². The molecule has 0 fully saturated rings. The van der Waals surface area contributed by atoms with Crippen molar-refractivity contribution in [3.05, 3.63) is 94.2 Å². The lowest BCUT2D eigenvalue weighted by Gasteiger charge is -2.13. The molecule has 1 N–H and O–H groups in total. The van der Waals surface area contributed by atoms with Crippen LogP contribution < -0.4 is 5.32 Å². The Morgan fingerprint density at radius 1 is 0.968 bits per heavy atom. The van der Waals surface area contributed by atoms with Crippen molar-refractivity contribution in [1.29, 1.82) is 0 Å². The predicted molar refractivity (Wildman–Crippen MR) is 117 cm³/mol. The first-order valence-electron chi connectivity index (χ1n) is 9.51. The van der Waals surface area contributed by atoms with Crippen LogP contribution in [0.25, 0.3) is 21.7 Å². The Bertz CT molecular complexity index is 1560. The highest BCUT2D eigenvalue weighted by atomic mass is 32.1. The van der Waals surface area contributed by atoms with Gasteiger partial charge in [0.1, 0.15) is 5.58 Å². The first kappa shape index (κ1) is 17.7. The molecule has 2 aromatic heterocycles. The number of carbonyl (C=O) groups is 3. The average Bonchev–Trinajstić information content (AvgIpc) is 3.45. The second-order valence-corrected chi connectivity index (χ2v) is 8.05. The minimum atomic E-state index is -0.422. The van der Waals surface area contributed by atoms with Gasteiger partial charge >= 0.3 is 0 Å². The number of fused-ring (bicyclic) bond motifs is 6. The summed E-state index contributed by atoms with van der Waals surface area (Å²) in [6.07, 6.45) is 1.59. The van der Waals surface area contributed by atoms with Gasteiger partial charge in [-0.1, -0.05) is 48.5 Å². The SMILES string of the molecule is O=C1c2ccccc2C(=O)c2c1oc1c(C(=O)Nc3nccs3)cc3ccccc3c21. The van der Waals surface area contributed by atoms with Crippen LogP contribution in [0.15, 0.2) is 70.6 Å². The van der Waals surface area contributed by atoms with E-state index in [2.05, 4.69) is 10.3 Å². The molecule has 0 saturated heterocycles. The van der Waals surface area contributed by atoms with Gasteiger partial charge in [-0.15, -0.1) is 11.3 Å². The van der Waals surface area contributed by atoms with Gasteiger partial charge in [0.05, 0.1) is 11.1 Å². The third kappa shape index (κ3) is 2.50. The van der Waals surface area contributed by atoms with Crippen molar-refractivity contribution in [2.75, 3.05) is 5.32 Å². The van der Waals surface area contributed by atoms with Gasteiger partial charge < -0.3 is 4.42 Å². The largest absolute Gasteiger partial charge is 0.451 e. The van der Waals surface area contributed by atoms with Crippen LogP contribution in [-0.4, -0.2) is 22.5 Å². The number of thiazole rings is 1. The van der Waals surface area contributed by atoms with Crippen LogP contribution in [0.3, 0.4) is 0 Å². The fourth-order valence-electron chi connectivity index (χ4n) is 4.08. The van der Waals surface area contributed by atoms with E-state index in [1.165, 1.54) is 11.3 Å². The number of anilines is 1. The average molecular weight is 424 g/mol. The van der Waals surface area contributed by atoms with E-state index in [-0.39, 0.29) is 34.0 Å². The summed E-state index contributed by atoms with van der Waals surface area (Å²) in [5, 5.41) is 6.94. The molecule has 3 aromatic carbocycles. The quantitative estimate of drug-likeness (QED) is 0.419. The summed E-state index contributed by atoms with van der Waals surface area (Å²) < 4.78 is 5.96. The summed E-state index contributed by atoms with van der Waals surface area (Å²) in [6.45, 7) is 0. The number of amides is 1. The monoisotopic (exact) mass is 424 g/mol. The summed E-state index contributed by atoms with van der Waals surface area (Å²) >= 11 is 1.29. The molecule has 0 saturated carbocycles. The number of aromatic nitrogens is 1. The highest BCUT2D eigenvalue weighted by Gasteiger charge is 2.36. The maximum absolute atomic E-state index is 13.4. The van der Waals surface area contributed by atoms with Crippen molar-refractivity contribution in [3.8, 4) is 0 Å². The molecule has 5 aromatic rings. The highest BCUT2D eigenvalue weighted by molar-refractivity contribution is 7.13. The lowest BCUT2D eigenvalue weighted by atomic mass is 9.86. The van der Waals surface area contributed by atoms with Gasteiger partial charge in [-0.2, -0.15) is 0 Å². The highest BCUT2D eigenvalue weighted by Crippen LogP contribution is 2.40. The molecule has 1 aliphatic rings. The number of hydrogen-bond donors (Lipinski definition) is 1. The Labute approximate surface area is 179 Å². The Morgan fingerprint density at radius 3 is 2.48 bits per heavy atom. The van der Waals surface area contributed by atoms with E-state index in [9.17, 15) is 14.4 Å². The van der Waals surface area contributed by atoms with E-state index in [4.69, 9.17) is 4.42 Å². The van der Waals surface area contributed by atoms with Crippen LogP contribution in [0.1, 0.15) is 42.4 Å². The number of rotatable bonds is 2. The van der Waals surface area contributed by atoms with Crippen molar-refractivity contribution in [2.24, 2.45) is 0 Å². The third-order valence-corrected chi connectivity index (χ3v) is 6.12. The lowest BCUT2D eigenvalue weighted by molar-refractivity contribution is 0.0961. The van der Waals surface area contributed by atoms with Gasteiger partial charge in [0.25, 0.3) is 5.91 Å². The van der Waals surface area contributed by atoms with Crippen molar-refractivity contribution < 1.29 is 18.8 Å². The van der Waals surface area contributed by atoms with Gasteiger partial charge in [0.15, 0.2) is 16.7 Å².